The molecule has 8 aliphatic rings. The summed E-state index contributed by atoms with van der Waals surface area (Å²) in [5, 5.41) is 42.5. The number of carbonyl (C=O) groups excluding carboxylic acids is 1. The standard InChI is InChI=1S/C48H78O7/c1-27(7-13-41(52)53)33-10-12-36-44-38(18-22-48(33,36)6)46(4)20-16-32(50)24-30(46)26-40(44)55-42(54)14-8-28(2)34-9-11-35-43-37(17-21-47(34,35)5)45(3)19-15-31(49)23-29(45)25-39(43)51/h27-40,43-44,49-51H,7-26H2,1-6H3,(H,52,53)/t27-,28-,29?,30?,31-,32-,33-,34-,35?,36+,37?,38+,39-,40-,43?,44+,45+,46+,47-,48-/m1/s1. The monoisotopic (exact) mass is 767 g/mol. The van der Waals surface area contributed by atoms with Gasteiger partial charge in [-0.25, -0.2) is 0 Å². The van der Waals surface area contributed by atoms with E-state index in [1.807, 2.05) is 0 Å². The van der Waals surface area contributed by atoms with Crippen LogP contribution in [-0.2, 0) is 14.3 Å². The predicted octanol–water partition coefficient (Wildman–Crippen LogP) is 9.44. The van der Waals surface area contributed by atoms with Gasteiger partial charge in [0.05, 0.1) is 18.3 Å². The summed E-state index contributed by atoms with van der Waals surface area (Å²) >= 11 is 0. The summed E-state index contributed by atoms with van der Waals surface area (Å²) in [5.74, 6) is 4.70. The molecule has 312 valence electrons. The van der Waals surface area contributed by atoms with Gasteiger partial charge in [-0.3, -0.25) is 9.59 Å². The number of carboxylic acids is 1. The third-order valence-electron chi connectivity index (χ3n) is 20.7. The van der Waals surface area contributed by atoms with Gasteiger partial charge in [0, 0.05) is 18.8 Å². The number of hydrogen-bond acceptors (Lipinski definition) is 6. The Labute approximate surface area is 332 Å². The third kappa shape index (κ3) is 6.69. The highest BCUT2D eigenvalue weighted by Gasteiger charge is 2.65. The topological polar surface area (TPSA) is 124 Å². The van der Waals surface area contributed by atoms with E-state index in [4.69, 9.17) is 4.74 Å². The SMILES string of the molecule is C[C@H](CCC(=O)O)[C@H]1CC[C@H]2[C@@H]3[C@H](OC(=O)CC[C@@H](C)[C@H]4CCC5C6C(CC[C@@]54C)[C@@]4(C)CC[C@@H](O)CC4C[C@H]6O)CC4C[C@H](O)CC[C@]4(C)[C@H]3CC[C@]12C. The van der Waals surface area contributed by atoms with Crippen LogP contribution in [-0.4, -0.2) is 56.8 Å². The highest BCUT2D eigenvalue weighted by molar-refractivity contribution is 5.69. The lowest BCUT2D eigenvalue weighted by Crippen LogP contribution is -2.59. The molecule has 8 rings (SSSR count). The first kappa shape index (κ1) is 40.6. The molecule has 8 fully saturated rings. The van der Waals surface area contributed by atoms with Crippen molar-refractivity contribution in [1.82, 2.24) is 0 Å². The molecule has 5 unspecified atom stereocenters. The second-order valence-corrected chi connectivity index (χ2v) is 22.8. The number of aliphatic carboxylic acids is 1. The highest BCUT2D eigenvalue weighted by atomic mass is 16.5. The van der Waals surface area contributed by atoms with Gasteiger partial charge in [-0.05, 0) is 202 Å². The van der Waals surface area contributed by atoms with Crippen molar-refractivity contribution in [2.24, 2.45) is 92.7 Å². The number of carboxylic acid groups (broad SMARTS) is 1. The predicted molar refractivity (Wildman–Crippen MR) is 214 cm³/mol. The molecule has 4 N–H and O–H groups in total. The van der Waals surface area contributed by atoms with E-state index in [0.717, 1.165) is 83.5 Å². The second kappa shape index (κ2) is 14.8. The number of ether oxygens (including phenoxy) is 1. The summed E-state index contributed by atoms with van der Waals surface area (Å²) in [6, 6.07) is 0. The second-order valence-electron chi connectivity index (χ2n) is 22.8. The number of rotatable bonds is 9. The zero-order chi connectivity index (χ0) is 39.2. The molecule has 0 radical (unpaired) electrons. The van der Waals surface area contributed by atoms with E-state index in [9.17, 15) is 30.0 Å². The van der Waals surface area contributed by atoms with Gasteiger partial charge >= 0.3 is 11.9 Å². The van der Waals surface area contributed by atoms with E-state index in [2.05, 4.69) is 41.5 Å². The summed E-state index contributed by atoms with van der Waals surface area (Å²) < 4.78 is 6.77. The van der Waals surface area contributed by atoms with Crippen LogP contribution in [0.2, 0.25) is 0 Å². The molecule has 7 heteroatoms. The van der Waals surface area contributed by atoms with Crippen LogP contribution in [0, 0.1) is 92.7 Å². The number of hydrogen-bond donors (Lipinski definition) is 4. The number of aliphatic hydroxyl groups excluding tert-OH is 3. The number of aliphatic hydroxyl groups is 3. The fourth-order valence-electron chi connectivity index (χ4n) is 17.8. The normalized spacial score (nSPS) is 52.7. The van der Waals surface area contributed by atoms with E-state index in [0.29, 0.717) is 77.4 Å². The zero-order valence-corrected chi connectivity index (χ0v) is 35.4. The Morgan fingerprint density at radius 1 is 0.582 bits per heavy atom. The van der Waals surface area contributed by atoms with Crippen molar-refractivity contribution in [3.8, 4) is 0 Å². The fraction of sp³-hybridized carbons (Fsp3) is 0.958. The quantitative estimate of drug-likeness (QED) is 0.173. The summed E-state index contributed by atoms with van der Waals surface area (Å²) in [6.45, 7) is 14.7. The van der Waals surface area contributed by atoms with E-state index >= 15 is 0 Å². The molecule has 8 saturated carbocycles. The molecular formula is C48H78O7. The fourth-order valence-corrected chi connectivity index (χ4v) is 17.8. The molecule has 0 aromatic heterocycles. The average Bonchev–Trinajstić information content (AvgIpc) is 3.67. The van der Waals surface area contributed by atoms with Crippen molar-refractivity contribution in [3.63, 3.8) is 0 Å². The van der Waals surface area contributed by atoms with Crippen molar-refractivity contribution in [2.45, 2.75) is 194 Å². The van der Waals surface area contributed by atoms with Gasteiger partial charge in [-0.15, -0.1) is 0 Å². The average molecular weight is 767 g/mol. The van der Waals surface area contributed by atoms with Gasteiger partial charge in [0.1, 0.15) is 6.10 Å². The summed E-state index contributed by atoms with van der Waals surface area (Å²) in [4.78, 5) is 25.6. The maximum Gasteiger partial charge on any atom is 0.306 e. The van der Waals surface area contributed by atoms with Crippen LogP contribution < -0.4 is 0 Å². The minimum atomic E-state index is -0.700. The van der Waals surface area contributed by atoms with Gasteiger partial charge < -0.3 is 25.2 Å². The van der Waals surface area contributed by atoms with Crippen LogP contribution in [0.5, 0.6) is 0 Å². The number of fused-ring (bicyclic) bond motifs is 10. The molecular weight excluding hydrogens is 689 g/mol. The minimum absolute atomic E-state index is 0.0308. The Morgan fingerprint density at radius 2 is 1.04 bits per heavy atom. The molecule has 0 aromatic carbocycles. The Hall–Kier alpha value is -1.18. The summed E-state index contributed by atoms with van der Waals surface area (Å²) in [7, 11) is 0. The van der Waals surface area contributed by atoms with Gasteiger partial charge in [-0.1, -0.05) is 41.5 Å². The zero-order valence-electron chi connectivity index (χ0n) is 35.4. The van der Waals surface area contributed by atoms with E-state index in [1.165, 1.54) is 32.1 Å². The minimum Gasteiger partial charge on any atom is -0.481 e. The van der Waals surface area contributed by atoms with Crippen LogP contribution in [0.25, 0.3) is 0 Å². The first-order valence-corrected chi connectivity index (χ1v) is 23.4. The van der Waals surface area contributed by atoms with Gasteiger partial charge in [0.2, 0.25) is 0 Å². The van der Waals surface area contributed by atoms with Crippen LogP contribution in [0.3, 0.4) is 0 Å². The molecule has 7 nitrogen and oxygen atoms in total. The number of carbonyl (C=O) groups is 2. The van der Waals surface area contributed by atoms with Crippen molar-refractivity contribution < 1.29 is 34.8 Å². The maximum atomic E-state index is 14.1. The lowest BCUT2D eigenvalue weighted by Gasteiger charge is -2.62. The molecule has 0 heterocycles. The van der Waals surface area contributed by atoms with E-state index < -0.39 is 5.97 Å². The Balaban J connectivity index is 0.945. The van der Waals surface area contributed by atoms with Crippen molar-refractivity contribution in [2.75, 3.05) is 0 Å². The molecule has 55 heavy (non-hydrogen) atoms. The molecule has 0 amide bonds. The summed E-state index contributed by atoms with van der Waals surface area (Å²) in [5.41, 5.74) is 0.743. The molecule has 0 spiro atoms. The molecule has 0 saturated heterocycles. The third-order valence-corrected chi connectivity index (χ3v) is 20.7. The van der Waals surface area contributed by atoms with E-state index in [1.54, 1.807) is 0 Å². The van der Waals surface area contributed by atoms with Crippen LogP contribution in [0.4, 0.5) is 0 Å². The van der Waals surface area contributed by atoms with Gasteiger partial charge in [0.25, 0.3) is 0 Å². The first-order valence-electron chi connectivity index (χ1n) is 23.4. The smallest absolute Gasteiger partial charge is 0.306 e. The summed E-state index contributed by atoms with van der Waals surface area (Å²) in [6.07, 6.45) is 18.2. The van der Waals surface area contributed by atoms with Gasteiger partial charge in [0.15, 0.2) is 0 Å². The van der Waals surface area contributed by atoms with Crippen molar-refractivity contribution in [1.29, 1.82) is 0 Å². The first-order chi connectivity index (χ1) is 26.0. The maximum absolute atomic E-state index is 14.1. The lowest BCUT2D eigenvalue weighted by molar-refractivity contribution is -0.196. The Bertz CT molecular complexity index is 1430. The van der Waals surface area contributed by atoms with Crippen LogP contribution in [0.1, 0.15) is 170 Å². The highest BCUT2D eigenvalue weighted by Crippen LogP contribution is 2.70. The molecule has 20 atom stereocenters. The number of esters is 1. The van der Waals surface area contributed by atoms with Gasteiger partial charge in [-0.2, -0.15) is 0 Å². The Kier molecular flexibility index (Phi) is 10.9. The molecule has 0 bridgehead atoms. The van der Waals surface area contributed by atoms with Crippen LogP contribution >= 0.6 is 0 Å². The van der Waals surface area contributed by atoms with Crippen LogP contribution in [0.15, 0.2) is 0 Å². The largest absolute Gasteiger partial charge is 0.481 e. The van der Waals surface area contributed by atoms with Crippen molar-refractivity contribution >= 4 is 11.9 Å². The molecule has 8 aliphatic carbocycles. The van der Waals surface area contributed by atoms with Crippen molar-refractivity contribution in [3.05, 3.63) is 0 Å². The van der Waals surface area contributed by atoms with E-state index in [-0.39, 0.29) is 58.5 Å². The molecule has 0 aliphatic heterocycles. The lowest BCUT2D eigenvalue weighted by atomic mass is 9.43. The Morgan fingerprint density at radius 3 is 1.58 bits per heavy atom. The molecule has 0 aromatic rings.